The van der Waals surface area contributed by atoms with Crippen molar-refractivity contribution in [3.8, 4) is 0 Å². The molecule has 5 nitrogen and oxygen atoms in total. The van der Waals surface area contributed by atoms with Crippen LogP contribution in [-0.4, -0.2) is 45.0 Å². The second-order valence-corrected chi connectivity index (χ2v) is 9.91. The molecule has 0 atom stereocenters. The van der Waals surface area contributed by atoms with Crippen LogP contribution in [0.2, 0.25) is 0 Å². The van der Waals surface area contributed by atoms with Gasteiger partial charge in [-0.25, -0.2) is 12.7 Å². The predicted octanol–water partition coefficient (Wildman–Crippen LogP) is 3.38. The van der Waals surface area contributed by atoms with Crippen LogP contribution in [0, 0.1) is 20.8 Å². The van der Waals surface area contributed by atoms with Crippen molar-refractivity contribution in [1.82, 2.24) is 9.62 Å². The van der Waals surface area contributed by atoms with Gasteiger partial charge in [-0.1, -0.05) is 17.7 Å². The van der Waals surface area contributed by atoms with Crippen molar-refractivity contribution in [3.05, 3.63) is 58.7 Å². The van der Waals surface area contributed by atoms with E-state index in [2.05, 4.69) is 29.6 Å². The summed E-state index contributed by atoms with van der Waals surface area (Å²) in [4.78, 5) is 13.8. The van der Waals surface area contributed by atoms with Crippen LogP contribution in [0.25, 0.3) is 0 Å². The molecule has 1 N–H and O–H groups in total. The van der Waals surface area contributed by atoms with Crippen LogP contribution in [0.15, 0.2) is 46.2 Å². The first-order valence-corrected chi connectivity index (χ1v) is 11.1. The maximum absolute atomic E-state index is 12.5. The molecule has 27 heavy (non-hydrogen) atoms. The summed E-state index contributed by atoms with van der Waals surface area (Å²) >= 11 is 1.67. The number of nitrogens with zero attached hydrogens (tertiary/aromatic N) is 1. The highest BCUT2D eigenvalue weighted by molar-refractivity contribution is 7.99. The van der Waals surface area contributed by atoms with E-state index in [9.17, 15) is 13.2 Å². The minimum atomic E-state index is -3.60. The molecule has 0 saturated heterocycles. The maximum Gasteiger partial charge on any atom is 0.251 e. The standard InChI is InChI=1S/C20H26N2O3S2/c1-14-6-8-18(9-7-14)26-11-10-21-20(23)17-12-15(2)16(3)19(13-17)27(24,25)22(4)5/h6-9,12-13H,10-11H2,1-5H3,(H,21,23). The Balaban J connectivity index is 2.06. The zero-order valence-electron chi connectivity index (χ0n) is 16.4. The summed E-state index contributed by atoms with van der Waals surface area (Å²) in [5.74, 6) is 0.473. The number of hydrogen-bond donors (Lipinski definition) is 1. The molecule has 1 amide bonds. The summed E-state index contributed by atoms with van der Waals surface area (Å²) in [7, 11) is -0.631. The number of benzene rings is 2. The van der Waals surface area contributed by atoms with E-state index in [4.69, 9.17) is 0 Å². The van der Waals surface area contributed by atoms with E-state index in [1.807, 2.05) is 13.8 Å². The normalized spacial score (nSPS) is 11.6. The first-order chi connectivity index (χ1) is 12.6. The monoisotopic (exact) mass is 406 g/mol. The van der Waals surface area contributed by atoms with Crippen LogP contribution in [0.1, 0.15) is 27.0 Å². The molecule has 7 heteroatoms. The number of amides is 1. The molecular formula is C20H26N2O3S2. The zero-order valence-corrected chi connectivity index (χ0v) is 18.0. The topological polar surface area (TPSA) is 66.5 Å². The highest BCUT2D eigenvalue weighted by Gasteiger charge is 2.22. The maximum atomic E-state index is 12.5. The Labute approximate surface area is 166 Å². The average molecular weight is 407 g/mol. The molecular weight excluding hydrogens is 380 g/mol. The predicted molar refractivity (Wildman–Crippen MR) is 111 cm³/mol. The fourth-order valence-electron chi connectivity index (χ4n) is 2.49. The molecule has 0 bridgehead atoms. The third-order valence-corrected chi connectivity index (χ3v) is 7.27. The summed E-state index contributed by atoms with van der Waals surface area (Å²) in [5.41, 5.74) is 3.01. The van der Waals surface area contributed by atoms with E-state index in [1.165, 1.54) is 25.7 Å². The van der Waals surface area contributed by atoms with E-state index in [-0.39, 0.29) is 10.8 Å². The largest absolute Gasteiger partial charge is 0.351 e. The van der Waals surface area contributed by atoms with Crippen LogP contribution in [0.4, 0.5) is 0 Å². The molecule has 0 radical (unpaired) electrons. The number of carbonyl (C=O) groups is 1. The molecule has 0 spiro atoms. The van der Waals surface area contributed by atoms with Crippen LogP contribution >= 0.6 is 11.8 Å². The Morgan fingerprint density at radius 3 is 2.30 bits per heavy atom. The van der Waals surface area contributed by atoms with Crippen molar-refractivity contribution in [2.24, 2.45) is 0 Å². The SMILES string of the molecule is Cc1ccc(SCCNC(=O)c2cc(C)c(C)c(S(=O)(=O)N(C)C)c2)cc1. The van der Waals surface area contributed by atoms with Gasteiger partial charge in [0.2, 0.25) is 10.0 Å². The second kappa shape index (κ2) is 8.91. The minimum Gasteiger partial charge on any atom is -0.351 e. The summed E-state index contributed by atoms with van der Waals surface area (Å²) in [6.07, 6.45) is 0. The van der Waals surface area contributed by atoms with Gasteiger partial charge < -0.3 is 5.32 Å². The quantitative estimate of drug-likeness (QED) is 0.565. The molecule has 0 aliphatic heterocycles. The molecule has 0 fully saturated rings. The Morgan fingerprint density at radius 2 is 1.70 bits per heavy atom. The van der Waals surface area contributed by atoms with Gasteiger partial charge in [-0.05, 0) is 56.2 Å². The van der Waals surface area contributed by atoms with E-state index in [0.717, 1.165) is 20.5 Å². The summed E-state index contributed by atoms with van der Waals surface area (Å²) in [6, 6.07) is 11.4. The number of carbonyl (C=O) groups excluding carboxylic acids is 1. The highest BCUT2D eigenvalue weighted by atomic mass is 32.2. The van der Waals surface area contributed by atoms with E-state index >= 15 is 0 Å². The van der Waals surface area contributed by atoms with Crippen molar-refractivity contribution in [2.75, 3.05) is 26.4 Å². The van der Waals surface area contributed by atoms with Crippen molar-refractivity contribution in [3.63, 3.8) is 0 Å². The van der Waals surface area contributed by atoms with Crippen LogP contribution in [0.5, 0.6) is 0 Å². The van der Waals surface area contributed by atoms with Crippen LogP contribution in [-0.2, 0) is 10.0 Å². The first kappa shape index (κ1) is 21.5. The number of thioether (sulfide) groups is 1. The molecule has 0 aromatic heterocycles. The fraction of sp³-hybridized carbons (Fsp3) is 0.350. The second-order valence-electron chi connectivity index (χ2n) is 6.62. The third-order valence-electron chi connectivity index (χ3n) is 4.32. The van der Waals surface area contributed by atoms with Gasteiger partial charge in [0.1, 0.15) is 0 Å². The third kappa shape index (κ3) is 5.34. The van der Waals surface area contributed by atoms with Gasteiger partial charge in [0.25, 0.3) is 5.91 Å². The lowest BCUT2D eigenvalue weighted by Crippen LogP contribution is -2.27. The molecule has 2 rings (SSSR count). The molecule has 0 aliphatic rings. The highest BCUT2D eigenvalue weighted by Crippen LogP contribution is 2.23. The Bertz CT molecular complexity index is 921. The number of rotatable bonds is 7. The fourth-order valence-corrected chi connectivity index (χ4v) is 4.48. The minimum absolute atomic E-state index is 0.173. The van der Waals surface area contributed by atoms with Gasteiger partial charge in [0.05, 0.1) is 4.90 Å². The smallest absolute Gasteiger partial charge is 0.251 e. The van der Waals surface area contributed by atoms with Crippen molar-refractivity contribution in [1.29, 1.82) is 0 Å². The van der Waals surface area contributed by atoms with Gasteiger partial charge >= 0.3 is 0 Å². The van der Waals surface area contributed by atoms with Crippen LogP contribution < -0.4 is 5.32 Å². The molecule has 146 valence electrons. The molecule has 0 saturated carbocycles. The van der Waals surface area contributed by atoms with Gasteiger partial charge in [-0.15, -0.1) is 11.8 Å². The summed E-state index contributed by atoms with van der Waals surface area (Å²) in [5, 5.41) is 2.87. The Kier molecular flexibility index (Phi) is 7.08. The Morgan fingerprint density at radius 1 is 1.07 bits per heavy atom. The van der Waals surface area contributed by atoms with Gasteiger partial charge in [-0.3, -0.25) is 4.79 Å². The molecule has 2 aromatic rings. The zero-order chi connectivity index (χ0) is 20.2. The summed E-state index contributed by atoms with van der Waals surface area (Å²) in [6.45, 7) is 6.11. The first-order valence-electron chi connectivity index (χ1n) is 8.64. The van der Waals surface area contributed by atoms with E-state index in [0.29, 0.717) is 17.7 Å². The van der Waals surface area contributed by atoms with E-state index < -0.39 is 10.0 Å². The summed E-state index contributed by atoms with van der Waals surface area (Å²) < 4.78 is 26.2. The van der Waals surface area contributed by atoms with Gasteiger partial charge in [-0.2, -0.15) is 0 Å². The van der Waals surface area contributed by atoms with Crippen molar-refractivity contribution < 1.29 is 13.2 Å². The number of nitrogens with one attached hydrogen (secondary N) is 1. The van der Waals surface area contributed by atoms with Crippen LogP contribution in [0.3, 0.4) is 0 Å². The van der Waals surface area contributed by atoms with Gasteiger partial charge in [0.15, 0.2) is 0 Å². The molecule has 2 aromatic carbocycles. The Hall–Kier alpha value is -1.83. The van der Waals surface area contributed by atoms with E-state index in [1.54, 1.807) is 24.8 Å². The molecule has 0 unspecified atom stereocenters. The number of aryl methyl sites for hydroxylation is 2. The lowest BCUT2D eigenvalue weighted by atomic mass is 10.1. The van der Waals surface area contributed by atoms with Crippen molar-refractivity contribution in [2.45, 2.75) is 30.6 Å². The van der Waals surface area contributed by atoms with Crippen molar-refractivity contribution >= 4 is 27.7 Å². The average Bonchev–Trinajstić information content (AvgIpc) is 2.61. The lowest BCUT2D eigenvalue weighted by molar-refractivity contribution is 0.0956. The molecule has 0 aliphatic carbocycles. The van der Waals surface area contributed by atoms with Gasteiger partial charge in [0, 0.05) is 36.9 Å². The number of hydrogen-bond acceptors (Lipinski definition) is 4. The number of sulfonamides is 1. The molecule has 0 heterocycles. The lowest BCUT2D eigenvalue weighted by Gasteiger charge is -2.16.